The molecule has 0 atom stereocenters. The van der Waals surface area contributed by atoms with Gasteiger partial charge in [0.15, 0.2) is 0 Å². The van der Waals surface area contributed by atoms with Crippen molar-refractivity contribution in [2.75, 3.05) is 12.3 Å². The summed E-state index contributed by atoms with van der Waals surface area (Å²) in [5.74, 6) is 1.21. The summed E-state index contributed by atoms with van der Waals surface area (Å²) in [4.78, 5) is 1.36. The van der Waals surface area contributed by atoms with Crippen molar-refractivity contribution in [2.45, 2.75) is 37.6 Å². The van der Waals surface area contributed by atoms with Gasteiger partial charge in [0.05, 0.1) is 0 Å². The van der Waals surface area contributed by atoms with E-state index in [1.165, 1.54) is 23.5 Å². The fraction of sp³-hybridized carbons (Fsp3) is 0.538. The van der Waals surface area contributed by atoms with Gasteiger partial charge in [-0.25, -0.2) is 0 Å². The van der Waals surface area contributed by atoms with Crippen LogP contribution in [0.25, 0.3) is 0 Å². The van der Waals surface area contributed by atoms with Crippen molar-refractivity contribution in [1.82, 2.24) is 5.32 Å². The summed E-state index contributed by atoms with van der Waals surface area (Å²) >= 11 is 5.38. The van der Waals surface area contributed by atoms with Gasteiger partial charge in [-0.05, 0) is 49.4 Å². The molecule has 0 aromatic heterocycles. The molecule has 0 fully saturated rings. The maximum absolute atomic E-state index is 3.44. The van der Waals surface area contributed by atoms with Gasteiger partial charge < -0.3 is 5.32 Å². The van der Waals surface area contributed by atoms with Gasteiger partial charge in [-0.1, -0.05) is 29.8 Å². The van der Waals surface area contributed by atoms with Gasteiger partial charge in [0.1, 0.15) is 0 Å². The normalized spacial score (nSPS) is 11.0. The largest absolute Gasteiger partial charge is 0.315 e. The molecule has 90 valence electrons. The van der Waals surface area contributed by atoms with Crippen LogP contribution in [0.4, 0.5) is 0 Å². The van der Waals surface area contributed by atoms with E-state index in [1.807, 2.05) is 11.8 Å². The maximum Gasteiger partial charge on any atom is 0.0176 e. The maximum atomic E-state index is 3.44. The first kappa shape index (κ1) is 14.1. The van der Waals surface area contributed by atoms with E-state index in [2.05, 4.69) is 59.4 Å². The minimum Gasteiger partial charge on any atom is -0.315 e. The van der Waals surface area contributed by atoms with E-state index in [-0.39, 0.29) is 0 Å². The highest BCUT2D eigenvalue weighted by atomic mass is 79.9. The van der Waals surface area contributed by atoms with Crippen molar-refractivity contribution in [2.24, 2.45) is 0 Å². The van der Waals surface area contributed by atoms with E-state index in [4.69, 9.17) is 0 Å². The lowest BCUT2D eigenvalue weighted by Crippen LogP contribution is -2.23. The Labute approximate surface area is 112 Å². The number of unbranched alkanes of at least 4 members (excludes halogenated alkanes) is 1. The van der Waals surface area contributed by atoms with Crippen LogP contribution in [0, 0.1) is 0 Å². The third-order valence-corrected chi connectivity index (χ3v) is 3.83. The standard InChI is InChI=1S/C13H20BrNS/c1-11(2)15-9-3-4-10-16-13-7-5-12(14)6-8-13/h5-8,11,15H,3-4,9-10H2,1-2H3. The molecule has 0 aliphatic carbocycles. The van der Waals surface area contributed by atoms with Crippen LogP contribution in [0.5, 0.6) is 0 Å². The Bertz CT molecular complexity index is 284. The molecule has 0 spiro atoms. The van der Waals surface area contributed by atoms with Gasteiger partial charge in [-0.15, -0.1) is 11.8 Å². The molecule has 0 aliphatic heterocycles. The van der Waals surface area contributed by atoms with Crippen LogP contribution in [0.1, 0.15) is 26.7 Å². The number of thioether (sulfide) groups is 1. The highest BCUT2D eigenvalue weighted by Crippen LogP contribution is 2.21. The number of halogens is 1. The van der Waals surface area contributed by atoms with Crippen molar-refractivity contribution >= 4 is 27.7 Å². The zero-order chi connectivity index (χ0) is 11.8. The third-order valence-electron chi connectivity index (χ3n) is 2.21. The topological polar surface area (TPSA) is 12.0 Å². The van der Waals surface area contributed by atoms with Gasteiger partial charge >= 0.3 is 0 Å². The second-order valence-corrected chi connectivity index (χ2v) is 6.20. The average Bonchev–Trinajstić information content (AvgIpc) is 2.25. The van der Waals surface area contributed by atoms with E-state index in [0.29, 0.717) is 6.04 Å². The Morgan fingerprint density at radius 3 is 2.50 bits per heavy atom. The monoisotopic (exact) mass is 301 g/mol. The molecular formula is C13H20BrNS. The molecule has 0 heterocycles. The molecule has 16 heavy (non-hydrogen) atoms. The molecule has 0 radical (unpaired) electrons. The lowest BCUT2D eigenvalue weighted by atomic mass is 10.3. The highest BCUT2D eigenvalue weighted by molar-refractivity contribution is 9.10. The molecule has 0 amide bonds. The molecule has 1 nitrogen and oxygen atoms in total. The van der Waals surface area contributed by atoms with Gasteiger partial charge in [-0.2, -0.15) is 0 Å². The Hall–Kier alpha value is 0.01000. The van der Waals surface area contributed by atoms with Crippen LogP contribution in [0.15, 0.2) is 33.6 Å². The van der Waals surface area contributed by atoms with Crippen molar-refractivity contribution in [3.05, 3.63) is 28.7 Å². The average molecular weight is 302 g/mol. The molecule has 1 N–H and O–H groups in total. The predicted octanol–water partition coefficient (Wildman–Crippen LogP) is 4.32. The van der Waals surface area contributed by atoms with Crippen LogP contribution in [-0.2, 0) is 0 Å². The van der Waals surface area contributed by atoms with Crippen LogP contribution in [-0.4, -0.2) is 18.3 Å². The molecule has 0 bridgehead atoms. The first-order valence-corrected chi connectivity index (χ1v) is 7.58. The lowest BCUT2D eigenvalue weighted by Gasteiger charge is -2.07. The van der Waals surface area contributed by atoms with Crippen molar-refractivity contribution in [3.8, 4) is 0 Å². The summed E-state index contributed by atoms with van der Waals surface area (Å²) in [6.45, 7) is 5.52. The van der Waals surface area contributed by atoms with E-state index in [9.17, 15) is 0 Å². The zero-order valence-electron chi connectivity index (χ0n) is 10.0. The van der Waals surface area contributed by atoms with Gasteiger partial charge in [0, 0.05) is 15.4 Å². The summed E-state index contributed by atoms with van der Waals surface area (Å²) in [5.41, 5.74) is 0. The first-order chi connectivity index (χ1) is 7.68. The van der Waals surface area contributed by atoms with Gasteiger partial charge in [0.25, 0.3) is 0 Å². The first-order valence-electron chi connectivity index (χ1n) is 5.80. The van der Waals surface area contributed by atoms with Crippen LogP contribution in [0.2, 0.25) is 0 Å². The molecule has 0 unspecified atom stereocenters. The van der Waals surface area contributed by atoms with Crippen LogP contribution in [0.3, 0.4) is 0 Å². The predicted molar refractivity (Wildman–Crippen MR) is 77.2 cm³/mol. The number of hydrogen-bond acceptors (Lipinski definition) is 2. The van der Waals surface area contributed by atoms with Gasteiger partial charge in [0.2, 0.25) is 0 Å². The molecule has 0 aliphatic rings. The molecule has 1 aromatic rings. The van der Waals surface area contributed by atoms with Gasteiger partial charge in [-0.3, -0.25) is 0 Å². The van der Waals surface area contributed by atoms with Crippen LogP contribution >= 0.6 is 27.7 Å². The summed E-state index contributed by atoms with van der Waals surface area (Å²) < 4.78 is 1.15. The number of hydrogen-bond donors (Lipinski definition) is 1. The number of benzene rings is 1. The molecular weight excluding hydrogens is 282 g/mol. The summed E-state index contributed by atoms with van der Waals surface area (Å²) in [6.07, 6.45) is 2.54. The fourth-order valence-electron chi connectivity index (χ4n) is 1.34. The zero-order valence-corrected chi connectivity index (χ0v) is 12.4. The second-order valence-electron chi connectivity index (χ2n) is 4.12. The van der Waals surface area contributed by atoms with E-state index < -0.39 is 0 Å². The lowest BCUT2D eigenvalue weighted by molar-refractivity contribution is 0.567. The molecule has 1 aromatic carbocycles. The summed E-state index contributed by atoms with van der Waals surface area (Å²) in [5, 5.41) is 3.44. The van der Waals surface area contributed by atoms with Crippen molar-refractivity contribution in [1.29, 1.82) is 0 Å². The molecule has 1 rings (SSSR count). The van der Waals surface area contributed by atoms with E-state index in [0.717, 1.165) is 11.0 Å². The molecule has 0 saturated carbocycles. The van der Waals surface area contributed by atoms with Crippen LogP contribution < -0.4 is 5.32 Å². The smallest absolute Gasteiger partial charge is 0.0176 e. The molecule has 0 saturated heterocycles. The Morgan fingerprint density at radius 1 is 1.19 bits per heavy atom. The minimum atomic E-state index is 0.610. The SMILES string of the molecule is CC(C)NCCCCSc1ccc(Br)cc1. The number of nitrogens with one attached hydrogen (secondary N) is 1. The van der Waals surface area contributed by atoms with E-state index in [1.54, 1.807) is 0 Å². The third kappa shape index (κ3) is 6.56. The Balaban J connectivity index is 2.05. The summed E-state index contributed by atoms with van der Waals surface area (Å²) in [6, 6.07) is 9.15. The quantitative estimate of drug-likeness (QED) is 0.594. The Morgan fingerprint density at radius 2 is 1.88 bits per heavy atom. The minimum absolute atomic E-state index is 0.610. The molecule has 3 heteroatoms. The fourth-order valence-corrected chi connectivity index (χ4v) is 2.52. The number of rotatable bonds is 7. The summed E-state index contributed by atoms with van der Waals surface area (Å²) in [7, 11) is 0. The van der Waals surface area contributed by atoms with Crippen molar-refractivity contribution < 1.29 is 0 Å². The van der Waals surface area contributed by atoms with E-state index >= 15 is 0 Å². The van der Waals surface area contributed by atoms with Crippen molar-refractivity contribution in [3.63, 3.8) is 0 Å². The highest BCUT2D eigenvalue weighted by Gasteiger charge is 1.95. The Kier molecular flexibility index (Phi) is 7.17. The second kappa shape index (κ2) is 8.15.